The fourth-order valence-corrected chi connectivity index (χ4v) is 3.63. The predicted molar refractivity (Wildman–Crippen MR) is 94.9 cm³/mol. The Balaban J connectivity index is 1.93. The molecule has 0 aromatic carbocycles. The van der Waals surface area contributed by atoms with Crippen LogP contribution < -0.4 is 5.32 Å². The van der Waals surface area contributed by atoms with E-state index >= 15 is 0 Å². The molecular formula is C19H40N2. The molecule has 0 amide bonds. The molecule has 0 aliphatic carbocycles. The molecule has 0 saturated carbocycles. The van der Waals surface area contributed by atoms with Crippen LogP contribution in [0.5, 0.6) is 0 Å². The van der Waals surface area contributed by atoms with Gasteiger partial charge in [0, 0.05) is 6.04 Å². The van der Waals surface area contributed by atoms with Crippen LogP contribution in [-0.2, 0) is 0 Å². The van der Waals surface area contributed by atoms with E-state index in [0.717, 1.165) is 12.5 Å². The minimum absolute atomic E-state index is 0.709. The topological polar surface area (TPSA) is 15.3 Å². The van der Waals surface area contributed by atoms with Gasteiger partial charge in [-0.1, -0.05) is 58.8 Å². The smallest absolute Gasteiger partial charge is 0.00678 e. The molecule has 21 heavy (non-hydrogen) atoms. The SMILES string of the molecule is CCCCCCCCCCN1CCC(C(C)NCC)CC1. The zero-order valence-electron chi connectivity index (χ0n) is 15.0. The van der Waals surface area contributed by atoms with Crippen LogP contribution in [0.4, 0.5) is 0 Å². The van der Waals surface area contributed by atoms with Gasteiger partial charge < -0.3 is 10.2 Å². The number of nitrogens with one attached hydrogen (secondary N) is 1. The van der Waals surface area contributed by atoms with Gasteiger partial charge in [-0.25, -0.2) is 0 Å². The van der Waals surface area contributed by atoms with Gasteiger partial charge in [-0.3, -0.25) is 0 Å². The monoisotopic (exact) mass is 296 g/mol. The number of unbranched alkanes of at least 4 members (excludes halogenated alkanes) is 7. The maximum Gasteiger partial charge on any atom is 0.00678 e. The normalized spacial score (nSPS) is 19.0. The van der Waals surface area contributed by atoms with E-state index in [1.54, 1.807) is 0 Å². The Kier molecular flexibility index (Phi) is 11.3. The highest BCUT2D eigenvalue weighted by Crippen LogP contribution is 2.21. The van der Waals surface area contributed by atoms with E-state index < -0.39 is 0 Å². The highest BCUT2D eigenvalue weighted by Gasteiger charge is 2.22. The number of hydrogen-bond donors (Lipinski definition) is 1. The Morgan fingerprint density at radius 1 is 0.905 bits per heavy atom. The van der Waals surface area contributed by atoms with Crippen LogP contribution in [0.3, 0.4) is 0 Å². The maximum absolute atomic E-state index is 3.59. The van der Waals surface area contributed by atoms with E-state index in [0.29, 0.717) is 6.04 Å². The van der Waals surface area contributed by atoms with Gasteiger partial charge in [-0.2, -0.15) is 0 Å². The first-order valence-corrected chi connectivity index (χ1v) is 9.73. The third kappa shape index (κ3) is 8.83. The Bertz CT molecular complexity index is 222. The molecule has 1 rings (SSSR count). The third-order valence-electron chi connectivity index (χ3n) is 5.19. The summed E-state index contributed by atoms with van der Waals surface area (Å²) in [5.41, 5.74) is 0. The largest absolute Gasteiger partial charge is 0.314 e. The Hall–Kier alpha value is -0.0800. The van der Waals surface area contributed by atoms with Gasteiger partial charge in [-0.05, 0) is 58.3 Å². The second-order valence-corrected chi connectivity index (χ2v) is 7.00. The summed E-state index contributed by atoms with van der Waals surface area (Å²) in [6, 6.07) is 0.709. The van der Waals surface area contributed by atoms with Gasteiger partial charge in [0.25, 0.3) is 0 Å². The molecule has 1 aliphatic heterocycles. The van der Waals surface area contributed by atoms with E-state index in [4.69, 9.17) is 0 Å². The lowest BCUT2D eigenvalue weighted by molar-refractivity contribution is 0.161. The molecule has 1 unspecified atom stereocenters. The molecule has 1 heterocycles. The first-order chi connectivity index (χ1) is 10.3. The fourth-order valence-electron chi connectivity index (χ4n) is 3.63. The third-order valence-corrected chi connectivity index (χ3v) is 5.19. The van der Waals surface area contributed by atoms with Gasteiger partial charge >= 0.3 is 0 Å². The molecule has 1 aliphatic rings. The standard InChI is InChI=1S/C19H40N2/c1-4-6-7-8-9-10-11-12-15-21-16-13-19(14-17-21)18(3)20-5-2/h18-20H,4-17H2,1-3H3. The van der Waals surface area contributed by atoms with Crippen LogP contribution in [0.15, 0.2) is 0 Å². The highest BCUT2D eigenvalue weighted by atomic mass is 15.1. The minimum Gasteiger partial charge on any atom is -0.314 e. The average Bonchev–Trinajstić information content (AvgIpc) is 2.51. The number of hydrogen-bond acceptors (Lipinski definition) is 2. The van der Waals surface area contributed by atoms with Crippen molar-refractivity contribution < 1.29 is 0 Å². The Labute approximate surface area is 134 Å². The van der Waals surface area contributed by atoms with Crippen molar-refractivity contribution in [2.45, 2.75) is 91.0 Å². The molecule has 1 fully saturated rings. The van der Waals surface area contributed by atoms with Gasteiger partial charge in [0.1, 0.15) is 0 Å². The summed E-state index contributed by atoms with van der Waals surface area (Å²) in [6.45, 7) is 12.0. The van der Waals surface area contributed by atoms with Crippen molar-refractivity contribution in [2.75, 3.05) is 26.2 Å². The van der Waals surface area contributed by atoms with Gasteiger partial charge in [0.05, 0.1) is 0 Å². The van der Waals surface area contributed by atoms with Crippen LogP contribution >= 0.6 is 0 Å². The molecule has 1 N–H and O–H groups in total. The lowest BCUT2D eigenvalue weighted by Gasteiger charge is -2.35. The molecule has 1 saturated heterocycles. The van der Waals surface area contributed by atoms with Crippen LogP contribution in [-0.4, -0.2) is 37.1 Å². The summed E-state index contributed by atoms with van der Waals surface area (Å²) < 4.78 is 0. The Morgan fingerprint density at radius 3 is 2.05 bits per heavy atom. The van der Waals surface area contributed by atoms with Gasteiger partial charge in [0.15, 0.2) is 0 Å². The van der Waals surface area contributed by atoms with Crippen LogP contribution in [0.2, 0.25) is 0 Å². The predicted octanol–water partition coefficient (Wildman–Crippen LogP) is 4.84. The van der Waals surface area contributed by atoms with Crippen molar-refractivity contribution in [3.63, 3.8) is 0 Å². The van der Waals surface area contributed by atoms with Crippen molar-refractivity contribution in [3.8, 4) is 0 Å². The quantitative estimate of drug-likeness (QED) is 0.519. The molecule has 0 bridgehead atoms. The zero-order chi connectivity index (χ0) is 15.3. The first kappa shape index (κ1) is 19.0. The highest BCUT2D eigenvalue weighted by molar-refractivity contribution is 4.79. The van der Waals surface area contributed by atoms with E-state index in [9.17, 15) is 0 Å². The van der Waals surface area contributed by atoms with Crippen molar-refractivity contribution in [2.24, 2.45) is 5.92 Å². The molecule has 0 aromatic heterocycles. The van der Waals surface area contributed by atoms with Crippen molar-refractivity contribution in [1.29, 1.82) is 0 Å². The summed E-state index contributed by atoms with van der Waals surface area (Å²) in [4.78, 5) is 2.70. The minimum atomic E-state index is 0.709. The summed E-state index contributed by atoms with van der Waals surface area (Å²) in [5.74, 6) is 0.903. The Morgan fingerprint density at radius 2 is 1.48 bits per heavy atom. The van der Waals surface area contributed by atoms with E-state index in [1.165, 1.54) is 83.8 Å². The van der Waals surface area contributed by atoms with Gasteiger partial charge in [0.2, 0.25) is 0 Å². The molecule has 2 nitrogen and oxygen atoms in total. The van der Waals surface area contributed by atoms with E-state index in [-0.39, 0.29) is 0 Å². The average molecular weight is 297 g/mol. The summed E-state index contributed by atoms with van der Waals surface area (Å²) in [7, 11) is 0. The summed E-state index contributed by atoms with van der Waals surface area (Å²) in [5, 5.41) is 3.59. The maximum atomic E-state index is 3.59. The number of nitrogens with zero attached hydrogens (tertiary/aromatic N) is 1. The zero-order valence-corrected chi connectivity index (χ0v) is 15.0. The van der Waals surface area contributed by atoms with E-state index in [1.807, 2.05) is 0 Å². The fraction of sp³-hybridized carbons (Fsp3) is 1.00. The van der Waals surface area contributed by atoms with Crippen LogP contribution in [0.1, 0.15) is 85.0 Å². The van der Waals surface area contributed by atoms with Crippen molar-refractivity contribution in [1.82, 2.24) is 10.2 Å². The van der Waals surface area contributed by atoms with Crippen LogP contribution in [0.25, 0.3) is 0 Å². The van der Waals surface area contributed by atoms with Crippen LogP contribution in [0, 0.1) is 5.92 Å². The lowest BCUT2D eigenvalue weighted by Crippen LogP contribution is -2.42. The molecule has 126 valence electrons. The van der Waals surface area contributed by atoms with E-state index in [2.05, 4.69) is 31.0 Å². The van der Waals surface area contributed by atoms with Crippen molar-refractivity contribution >= 4 is 0 Å². The first-order valence-electron chi connectivity index (χ1n) is 9.73. The molecule has 2 heteroatoms. The van der Waals surface area contributed by atoms with Crippen molar-refractivity contribution in [3.05, 3.63) is 0 Å². The lowest BCUT2D eigenvalue weighted by atomic mass is 9.90. The summed E-state index contributed by atoms with van der Waals surface area (Å²) >= 11 is 0. The molecule has 0 radical (unpaired) electrons. The number of piperidine rings is 1. The summed E-state index contributed by atoms with van der Waals surface area (Å²) in [6.07, 6.45) is 14.3. The molecular weight excluding hydrogens is 256 g/mol. The molecule has 0 aromatic rings. The number of likely N-dealkylation sites (tertiary alicyclic amines) is 1. The second-order valence-electron chi connectivity index (χ2n) is 7.00. The molecule has 0 spiro atoms. The van der Waals surface area contributed by atoms with Gasteiger partial charge in [-0.15, -0.1) is 0 Å². The molecule has 1 atom stereocenters. The number of rotatable bonds is 12. The second kappa shape index (κ2) is 12.5.